The molecule has 3 fully saturated rings. The number of carbonyl (C=O) groups is 2. The lowest BCUT2D eigenvalue weighted by molar-refractivity contribution is -0.141. The van der Waals surface area contributed by atoms with Gasteiger partial charge in [0, 0.05) is 23.3 Å². The van der Waals surface area contributed by atoms with Crippen LogP contribution in [0.5, 0.6) is 5.75 Å². The van der Waals surface area contributed by atoms with E-state index in [0.717, 1.165) is 0 Å². The number of carbonyl (C=O) groups excluding carboxylic acids is 2. The average molecular weight is 452 g/mol. The highest BCUT2D eigenvalue weighted by atomic mass is 35.5. The molecule has 0 radical (unpaired) electrons. The number of amides is 2. The molecular weight excluding hydrogens is 432 g/mol. The van der Waals surface area contributed by atoms with Crippen LogP contribution in [0.15, 0.2) is 36.5 Å². The molecule has 2 bridgehead atoms. The van der Waals surface area contributed by atoms with Crippen LogP contribution < -0.4 is 15.4 Å². The van der Waals surface area contributed by atoms with Crippen LogP contribution in [0.1, 0.15) is 48.4 Å². The summed E-state index contributed by atoms with van der Waals surface area (Å²) in [5.74, 6) is -0.0216. The Labute approximate surface area is 183 Å². The Kier molecular flexibility index (Phi) is 5.36. The quantitative estimate of drug-likeness (QED) is 0.665. The van der Waals surface area contributed by atoms with Crippen LogP contribution in [0.4, 0.5) is 4.39 Å². The molecule has 3 saturated carbocycles. The summed E-state index contributed by atoms with van der Waals surface area (Å²) < 4.78 is 18.7. The summed E-state index contributed by atoms with van der Waals surface area (Å²) in [4.78, 5) is 28.6. The van der Waals surface area contributed by atoms with Crippen LogP contribution in [0.2, 0.25) is 10.0 Å². The molecule has 0 aliphatic heterocycles. The van der Waals surface area contributed by atoms with Gasteiger partial charge in [0.25, 0.3) is 11.8 Å². The van der Waals surface area contributed by atoms with Crippen LogP contribution in [0, 0.1) is 0 Å². The van der Waals surface area contributed by atoms with Crippen molar-refractivity contribution in [2.24, 2.45) is 0 Å². The van der Waals surface area contributed by atoms with Gasteiger partial charge in [0.15, 0.2) is 6.61 Å². The molecule has 2 aromatic rings. The Hall–Kier alpha value is -2.38. The summed E-state index contributed by atoms with van der Waals surface area (Å²) in [5.41, 5.74) is 0.0806. The molecule has 2 N–H and O–H groups in total. The number of hydrogen-bond donors (Lipinski definition) is 2. The predicted octanol–water partition coefficient (Wildman–Crippen LogP) is 4.02. The van der Waals surface area contributed by atoms with Gasteiger partial charge in [-0.3, -0.25) is 14.6 Å². The van der Waals surface area contributed by atoms with Gasteiger partial charge >= 0.3 is 0 Å². The zero-order valence-corrected chi connectivity index (χ0v) is 17.7. The van der Waals surface area contributed by atoms with Gasteiger partial charge in [0.1, 0.15) is 11.9 Å². The zero-order valence-electron chi connectivity index (χ0n) is 16.2. The lowest BCUT2D eigenvalue weighted by Crippen LogP contribution is -2.84. The summed E-state index contributed by atoms with van der Waals surface area (Å²) in [6.45, 7) is 1.26. The monoisotopic (exact) mass is 451 g/mol. The number of hydrogen-bond acceptors (Lipinski definition) is 4. The number of nitrogens with zero attached hydrogens (tertiary/aromatic N) is 1. The standard InChI is InChI=1S/C21H20Cl2FN3O3/c1-12(24)17-5-2-13(7-25-17)19(29)27-21-9-20(10-21,11-21)26-18(28)8-30-14-3-4-15(22)16(23)6-14/h2-7,12H,8-11H2,1H3,(H,26,28)(H,27,29). The molecule has 1 unspecified atom stereocenters. The molecule has 158 valence electrons. The normalized spacial score (nSPS) is 24.8. The molecule has 1 aromatic heterocycles. The average Bonchev–Trinajstić information content (AvgIpc) is 2.66. The molecule has 1 heterocycles. The molecule has 1 aromatic carbocycles. The van der Waals surface area contributed by atoms with Crippen molar-refractivity contribution in [3.63, 3.8) is 0 Å². The number of ether oxygens (including phenoxy) is 1. The van der Waals surface area contributed by atoms with Gasteiger partial charge in [0.05, 0.1) is 21.3 Å². The van der Waals surface area contributed by atoms with Gasteiger partial charge < -0.3 is 15.4 Å². The fourth-order valence-electron chi connectivity index (χ4n) is 4.19. The van der Waals surface area contributed by atoms with Crippen LogP contribution in [0.25, 0.3) is 0 Å². The first-order valence-electron chi connectivity index (χ1n) is 9.51. The Morgan fingerprint density at radius 1 is 1.13 bits per heavy atom. The third-order valence-electron chi connectivity index (χ3n) is 5.53. The van der Waals surface area contributed by atoms with E-state index in [1.54, 1.807) is 24.3 Å². The van der Waals surface area contributed by atoms with Crippen LogP contribution in [-0.4, -0.2) is 34.5 Å². The second-order valence-corrected chi connectivity index (χ2v) is 8.86. The minimum absolute atomic E-state index is 0.135. The largest absolute Gasteiger partial charge is 0.484 e. The van der Waals surface area contributed by atoms with E-state index in [4.69, 9.17) is 27.9 Å². The molecule has 2 amide bonds. The molecule has 3 aliphatic rings. The van der Waals surface area contributed by atoms with E-state index in [0.29, 0.717) is 46.3 Å². The van der Waals surface area contributed by atoms with Gasteiger partial charge in [-0.25, -0.2) is 4.39 Å². The van der Waals surface area contributed by atoms with Gasteiger partial charge in [0.2, 0.25) is 0 Å². The van der Waals surface area contributed by atoms with E-state index < -0.39 is 6.17 Å². The Morgan fingerprint density at radius 3 is 2.43 bits per heavy atom. The van der Waals surface area contributed by atoms with Gasteiger partial charge in [-0.1, -0.05) is 23.2 Å². The van der Waals surface area contributed by atoms with Crippen molar-refractivity contribution in [1.82, 2.24) is 15.6 Å². The maximum Gasteiger partial charge on any atom is 0.258 e. The number of aromatic nitrogens is 1. The van der Waals surface area contributed by atoms with E-state index in [2.05, 4.69) is 15.6 Å². The second-order valence-electron chi connectivity index (χ2n) is 8.05. The van der Waals surface area contributed by atoms with Gasteiger partial charge in [-0.2, -0.15) is 0 Å². The number of halogens is 3. The van der Waals surface area contributed by atoms with E-state index in [-0.39, 0.29) is 29.5 Å². The van der Waals surface area contributed by atoms with Gasteiger partial charge in [-0.15, -0.1) is 0 Å². The van der Waals surface area contributed by atoms with E-state index in [1.165, 1.54) is 19.2 Å². The summed E-state index contributed by atoms with van der Waals surface area (Å²) in [5, 5.41) is 6.77. The smallest absolute Gasteiger partial charge is 0.258 e. The molecule has 0 saturated heterocycles. The molecule has 30 heavy (non-hydrogen) atoms. The maximum absolute atomic E-state index is 13.2. The lowest BCUT2D eigenvalue weighted by atomic mass is 9.44. The van der Waals surface area contributed by atoms with Crippen molar-refractivity contribution in [3.8, 4) is 5.75 Å². The minimum atomic E-state index is -1.18. The fourth-order valence-corrected chi connectivity index (χ4v) is 4.48. The van der Waals surface area contributed by atoms with Crippen molar-refractivity contribution in [2.75, 3.05) is 6.61 Å². The highest BCUT2D eigenvalue weighted by molar-refractivity contribution is 6.42. The van der Waals surface area contributed by atoms with Gasteiger partial charge in [-0.05, 0) is 50.5 Å². The first kappa shape index (κ1) is 20.9. The Balaban J connectivity index is 1.23. The van der Waals surface area contributed by atoms with Crippen molar-refractivity contribution >= 4 is 35.0 Å². The third-order valence-corrected chi connectivity index (χ3v) is 6.27. The number of alkyl halides is 1. The molecule has 3 aliphatic carbocycles. The number of pyridine rings is 1. The summed E-state index contributed by atoms with van der Waals surface area (Å²) in [6, 6.07) is 7.88. The second kappa shape index (κ2) is 7.71. The van der Waals surface area contributed by atoms with Crippen molar-refractivity contribution in [3.05, 3.63) is 57.8 Å². The number of benzene rings is 1. The van der Waals surface area contributed by atoms with Crippen LogP contribution in [0.3, 0.4) is 0 Å². The summed E-state index contributed by atoms with van der Waals surface area (Å²) >= 11 is 11.8. The summed E-state index contributed by atoms with van der Waals surface area (Å²) in [7, 11) is 0. The van der Waals surface area contributed by atoms with E-state index in [1.807, 2.05) is 0 Å². The molecule has 5 rings (SSSR count). The molecular formula is C21H20Cl2FN3O3. The Bertz CT molecular complexity index is 978. The molecule has 6 nitrogen and oxygen atoms in total. The molecule has 9 heteroatoms. The lowest BCUT2D eigenvalue weighted by Gasteiger charge is -2.70. The maximum atomic E-state index is 13.2. The Morgan fingerprint density at radius 2 is 1.83 bits per heavy atom. The fraction of sp³-hybridized carbons (Fsp3) is 0.381. The van der Waals surface area contributed by atoms with Crippen molar-refractivity contribution in [1.29, 1.82) is 0 Å². The molecule has 1 atom stereocenters. The minimum Gasteiger partial charge on any atom is -0.484 e. The summed E-state index contributed by atoms with van der Waals surface area (Å²) in [6.07, 6.45) is 2.19. The third kappa shape index (κ3) is 4.09. The van der Waals surface area contributed by atoms with Crippen LogP contribution in [-0.2, 0) is 4.79 Å². The van der Waals surface area contributed by atoms with Crippen LogP contribution >= 0.6 is 23.2 Å². The molecule has 0 spiro atoms. The SMILES string of the molecule is CC(F)c1ccc(C(=O)NC23CC(NC(=O)COc4ccc(Cl)c(Cl)c4)(C2)C3)cn1. The predicted molar refractivity (Wildman–Crippen MR) is 111 cm³/mol. The highest BCUT2D eigenvalue weighted by Gasteiger charge is 2.69. The highest BCUT2D eigenvalue weighted by Crippen LogP contribution is 2.60. The van der Waals surface area contributed by atoms with E-state index in [9.17, 15) is 14.0 Å². The van der Waals surface area contributed by atoms with Crippen molar-refractivity contribution < 1.29 is 18.7 Å². The topological polar surface area (TPSA) is 80.3 Å². The number of nitrogens with one attached hydrogen (secondary N) is 2. The first-order valence-corrected chi connectivity index (χ1v) is 10.3. The number of rotatable bonds is 7. The first-order chi connectivity index (χ1) is 14.2. The zero-order chi connectivity index (χ0) is 21.5. The van der Waals surface area contributed by atoms with E-state index >= 15 is 0 Å². The van der Waals surface area contributed by atoms with Crippen molar-refractivity contribution in [2.45, 2.75) is 43.4 Å².